The summed E-state index contributed by atoms with van der Waals surface area (Å²) in [4.78, 5) is 10.8. The van der Waals surface area contributed by atoms with E-state index in [-0.39, 0.29) is 24.0 Å². The van der Waals surface area contributed by atoms with Crippen molar-refractivity contribution in [1.82, 2.24) is 20.5 Å². The fourth-order valence-electron chi connectivity index (χ4n) is 2.71. The Kier molecular flexibility index (Phi) is 13.8. The molecule has 0 fully saturated rings. The number of pyridine rings is 1. The predicted molar refractivity (Wildman–Crippen MR) is 133 cm³/mol. The van der Waals surface area contributed by atoms with Crippen molar-refractivity contribution in [2.24, 2.45) is 4.99 Å². The van der Waals surface area contributed by atoms with Gasteiger partial charge in [-0.2, -0.15) is 0 Å². The van der Waals surface area contributed by atoms with Gasteiger partial charge in [0.2, 0.25) is 0 Å². The second-order valence-electron chi connectivity index (χ2n) is 6.76. The molecule has 0 radical (unpaired) electrons. The Balaban J connectivity index is 0.00000450. The fraction of sp³-hybridized carbons (Fsp3) is 0.455. The van der Waals surface area contributed by atoms with Gasteiger partial charge < -0.3 is 25.0 Å². The van der Waals surface area contributed by atoms with Gasteiger partial charge in [-0.25, -0.2) is 0 Å². The fourth-order valence-corrected chi connectivity index (χ4v) is 2.71. The normalized spacial score (nSPS) is 11.1. The summed E-state index contributed by atoms with van der Waals surface area (Å²) >= 11 is 0. The number of ether oxygens (including phenoxy) is 2. The average Bonchev–Trinajstić information content (AvgIpc) is 2.76. The molecule has 0 aliphatic carbocycles. The summed E-state index contributed by atoms with van der Waals surface area (Å²) in [7, 11) is 5.64. The highest BCUT2D eigenvalue weighted by Crippen LogP contribution is 2.13. The first kappa shape index (κ1) is 26.1. The Hall–Kier alpha value is -1.91. The second kappa shape index (κ2) is 15.9. The summed E-state index contributed by atoms with van der Waals surface area (Å²) in [6, 6.07) is 13.9. The molecule has 0 saturated carbocycles. The van der Waals surface area contributed by atoms with E-state index in [1.54, 1.807) is 20.4 Å². The quantitative estimate of drug-likeness (QED) is 0.192. The van der Waals surface area contributed by atoms with Crippen LogP contribution in [0, 0.1) is 0 Å². The van der Waals surface area contributed by atoms with Crippen LogP contribution in [0.15, 0.2) is 53.7 Å². The van der Waals surface area contributed by atoms with E-state index in [1.807, 2.05) is 30.3 Å². The van der Waals surface area contributed by atoms with Crippen LogP contribution < -0.4 is 15.4 Å². The van der Waals surface area contributed by atoms with Crippen molar-refractivity contribution in [2.45, 2.75) is 19.6 Å². The van der Waals surface area contributed by atoms with Crippen molar-refractivity contribution >= 4 is 29.9 Å². The van der Waals surface area contributed by atoms with Crippen LogP contribution in [0.3, 0.4) is 0 Å². The number of guanidine groups is 1. The summed E-state index contributed by atoms with van der Waals surface area (Å²) in [5, 5.41) is 6.68. The number of likely N-dealkylation sites (N-methyl/N-ethyl adjacent to an activating group) is 1. The largest absolute Gasteiger partial charge is 0.487 e. The van der Waals surface area contributed by atoms with Crippen LogP contribution in [0.2, 0.25) is 0 Å². The number of nitrogens with one attached hydrogen (secondary N) is 2. The van der Waals surface area contributed by atoms with Gasteiger partial charge in [-0.05, 0) is 43.3 Å². The molecule has 2 rings (SSSR count). The maximum atomic E-state index is 5.77. The number of hydrogen-bond donors (Lipinski definition) is 2. The highest BCUT2D eigenvalue weighted by molar-refractivity contribution is 14.0. The van der Waals surface area contributed by atoms with Crippen LogP contribution in [0.1, 0.15) is 17.7 Å². The lowest BCUT2D eigenvalue weighted by Gasteiger charge is -2.18. The Morgan fingerprint density at radius 2 is 1.90 bits per heavy atom. The molecule has 2 N–H and O–H groups in total. The van der Waals surface area contributed by atoms with E-state index in [0.717, 1.165) is 55.6 Å². The Morgan fingerprint density at radius 1 is 1.10 bits per heavy atom. The first-order chi connectivity index (χ1) is 14.2. The smallest absolute Gasteiger partial charge is 0.191 e. The molecule has 0 spiro atoms. The van der Waals surface area contributed by atoms with Crippen LogP contribution in [-0.2, 0) is 17.9 Å². The molecule has 0 aliphatic heterocycles. The summed E-state index contributed by atoms with van der Waals surface area (Å²) in [6.07, 6.45) is 2.81. The van der Waals surface area contributed by atoms with Crippen LogP contribution in [0.25, 0.3) is 0 Å². The molecule has 2 aromatic rings. The lowest BCUT2D eigenvalue weighted by Crippen LogP contribution is -2.40. The van der Waals surface area contributed by atoms with Crippen LogP contribution in [0.4, 0.5) is 0 Å². The van der Waals surface area contributed by atoms with E-state index in [0.29, 0.717) is 13.2 Å². The van der Waals surface area contributed by atoms with Crippen molar-refractivity contribution in [3.8, 4) is 5.75 Å². The number of halogens is 1. The Labute approximate surface area is 197 Å². The number of hydrogen-bond acceptors (Lipinski definition) is 5. The predicted octanol–water partition coefficient (Wildman–Crippen LogP) is 2.91. The summed E-state index contributed by atoms with van der Waals surface area (Å²) < 4.78 is 10.9. The summed E-state index contributed by atoms with van der Waals surface area (Å²) in [5.41, 5.74) is 2.08. The molecule has 7 nitrogen and oxygen atoms in total. The van der Waals surface area contributed by atoms with E-state index in [1.165, 1.54) is 0 Å². The van der Waals surface area contributed by atoms with Crippen molar-refractivity contribution in [3.05, 3.63) is 59.9 Å². The molecule has 0 bridgehead atoms. The van der Waals surface area contributed by atoms with Crippen LogP contribution in [-0.4, -0.2) is 63.3 Å². The first-order valence-electron chi connectivity index (χ1n) is 9.95. The molecule has 30 heavy (non-hydrogen) atoms. The third kappa shape index (κ3) is 10.7. The molecule has 0 unspecified atom stereocenters. The number of nitrogens with zero attached hydrogens (tertiary/aromatic N) is 3. The molecular weight excluding hydrogens is 493 g/mol. The van der Waals surface area contributed by atoms with Gasteiger partial charge in [-0.3, -0.25) is 9.98 Å². The molecule has 166 valence electrons. The lowest BCUT2D eigenvalue weighted by atomic mass is 10.2. The molecule has 0 saturated heterocycles. The molecule has 0 atom stereocenters. The SMILES string of the molecule is CN=C(NCCN(C)CCCOC)NCc1ccc(OCc2ccccn2)cc1.I. The highest BCUT2D eigenvalue weighted by atomic mass is 127. The molecule has 0 aliphatic rings. The zero-order valence-corrected chi connectivity index (χ0v) is 20.5. The van der Waals surface area contributed by atoms with Crippen molar-refractivity contribution < 1.29 is 9.47 Å². The van der Waals surface area contributed by atoms with Gasteiger partial charge >= 0.3 is 0 Å². The average molecular weight is 527 g/mol. The molecule has 1 heterocycles. The van der Waals surface area contributed by atoms with E-state index in [9.17, 15) is 0 Å². The van der Waals surface area contributed by atoms with Gasteiger partial charge in [-0.1, -0.05) is 18.2 Å². The van der Waals surface area contributed by atoms with Gasteiger partial charge in [0.05, 0.1) is 5.69 Å². The third-order valence-electron chi connectivity index (χ3n) is 4.39. The molecule has 8 heteroatoms. The Morgan fingerprint density at radius 3 is 2.57 bits per heavy atom. The first-order valence-corrected chi connectivity index (χ1v) is 9.95. The van der Waals surface area contributed by atoms with Gasteiger partial charge in [0, 0.05) is 53.1 Å². The minimum atomic E-state index is 0. The van der Waals surface area contributed by atoms with E-state index < -0.39 is 0 Å². The van der Waals surface area contributed by atoms with E-state index in [2.05, 4.69) is 44.7 Å². The minimum Gasteiger partial charge on any atom is -0.487 e. The number of rotatable bonds is 12. The van der Waals surface area contributed by atoms with E-state index in [4.69, 9.17) is 9.47 Å². The van der Waals surface area contributed by atoms with Gasteiger partial charge in [0.15, 0.2) is 5.96 Å². The maximum Gasteiger partial charge on any atom is 0.191 e. The minimum absolute atomic E-state index is 0. The van der Waals surface area contributed by atoms with Gasteiger partial charge in [0.1, 0.15) is 12.4 Å². The zero-order chi connectivity index (χ0) is 20.7. The lowest BCUT2D eigenvalue weighted by molar-refractivity contribution is 0.180. The third-order valence-corrected chi connectivity index (χ3v) is 4.39. The molecular formula is C22H34IN5O2. The zero-order valence-electron chi connectivity index (χ0n) is 18.1. The highest BCUT2D eigenvalue weighted by Gasteiger charge is 2.02. The maximum absolute atomic E-state index is 5.77. The van der Waals surface area contributed by atoms with Crippen molar-refractivity contribution in [2.75, 3.05) is 47.4 Å². The molecule has 1 aromatic carbocycles. The number of methoxy groups -OCH3 is 1. The standard InChI is InChI=1S/C22H33N5O2.HI/c1-23-22(25-13-15-27(2)14-6-16-28-3)26-17-19-8-10-21(11-9-19)29-18-20-7-4-5-12-24-20;/h4-5,7-12H,6,13-18H2,1-3H3,(H2,23,25,26);1H. The molecule has 1 aromatic heterocycles. The van der Waals surface area contributed by atoms with Crippen LogP contribution in [0.5, 0.6) is 5.75 Å². The number of benzene rings is 1. The van der Waals surface area contributed by atoms with Gasteiger partial charge in [0.25, 0.3) is 0 Å². The van der Waals surface area contributed by atoms with Gasteiger partial charge in [-0.15, -0.1) is 24.0 Å². The number of aliphatic imine (C=N–C) groups is 1. The van der Waals surface area contributed by atoms with E-state index >= 15 is 0 Å². The number of aromatic nitrogens is 1. The monoisotopic (exact) mass is 527 g/mol. The van der Waals surface area contributed by atoms with Crippen molar-refractivity contribution in [1.29, 1.82) is 0 Å². The summed E-state index contributed by atoms with van der Waals surface area (Å²) in [6.45, 7) is 4.78. The second-order valence-corrected chi connectivity index (χ2v) is 6.76. The topological polar surface area (TPSA) is 71.0 Å². The van der Waals surface area contributed by atoms with Crippen molar-refractivity contribution in [3.63, 3.8) is 0 Å². The summed E-state index contributed by atoms with van der Waals surface area (Å²) in [5.74, 6) is 1.63. The van der Waals surface area contributed by atoms with Crippen LogP contribution >= 0.6 is 24.0 Å². The molecule has 0 amide bonds. The Bertz CT molecular complexity index is 713.